The van der Waals surface area contributed by atoms with Gasteiger partial charge in [0.15, 0.2) is 0 Å². The highest BCUT2D eigenvalue weighted by atomic mass is 16.5. The molecule has 1 heterocycles. The standard InChI is InChI=1S/C18H22N2O4/c1-11(17-12(2)20-24-13(17)3)9-16(21)19-10-14-5-7-15(8-6-14)18(22)23-4/h5-8,11H,9-10H2,1-4H3,(H,19,21)/t11-/m1/s1. The van der Waals surface area contributed by atoms with E-state index in [0.717, 1.165) is 22.6 Å². The van der Waals surface area contributed by atoms with Crippen molar-refractivity contribution in [2.75, 3.05) is 7.11 Å². The van der Waals surface area contributed by atoms with Crippen LogP contribution in [0, 0.1) is 13.8 Å². The zero-order chi connectivity index (χ0) is 17.7. The SMILES string of the molecule is COC(=O)c1ccc(CNC(=O)C[C@@H](C)c2c(C)noc2C)cc1. The van der Waals surface area contributed by atoms with Crippen LogP contribution in [0.4, 0.5) is 0 Å². The molecule has 6 nitrogen and oxygen atoms in total. The molecule has 0 saturated carbocycles. The number of methoxy groups -OCH3 is 1. The van der Waals surface area contributed by atoms with Crippen LogP contribution in [0.25, 0.3) is 0 Å². The number of benzene rings is 1. The number of ether oxygens (including phenoxy) is 1. The molecule has 2 rings (SSSR count). The second kappa shape index (κ2) is 7.77. The van der Waals surface area contributed by atoms with E-state index in [9.17, 15) is 9.59 Å². The summed E-state index contributed by atoms with van der Waals surface area (Å²) in [5.74, 6) is 0.377. The molecule has 1 aromatic heterocycles. The van der Waals surface area contributed by atoms with Gasteiger partial charge >= 0.3 is 5.97 Å². The highest BCUT2D eigenvalue weighted by molar-refractivity contribution is 5.89. The molecule has 2 aromatic rings. The number of nitrogens with one attached hydrogen (secondary N) is 1. The molecular formula is C18H22N2O4. The number of hydrogen-bond donors (Lipinski definition) is 1. The lowest BCUT2D eigenvalue weighted by atomic mass is 9.96. The molecular weight excluding hydrogens is 308 g/mol. The van der Waals surface area contributed by atoms with Crippen molar-refractivity contribution in [2.45, 2.75) is 39.7 Å². The Balaban J connectivity index is 1.88. The number of esters is 1. The van der Waals surface area contributed by atoms with Crippen LogP contribution in [-0.4, -0.2) is 24.1 Å². The number of aromatic nitrogens is 1. The quantitative estimate of drug-likeness (QED) is 0.824. The third kappa shape index (κ3) is 4.22. The smallest absolute Gasteiger partial charge is 0.337 e. The zero-order valence-electron chi connectivity index (χ0n) is 14.4. The normalized spacial score (nSPS) is 11.8. The summed E-state index contributed by atoms with van der Waals surface area (Å²) < 4.78 is 9.80. The summed E-state index contributed by atoms with van der Waals surface area (Å²) in [7, 11) is 1.34. The van der Waals surface area contributed by atoms with Gasteiger partial charge in [-0.1, -0.05) is 24.2 Å². The Hall–Kier alpha value is -2.63. The molecule has 0 fully saturated rings. The molecule has 0 aliphatic rings. The van der Waals surface area contributed by atoms with Crippen molar-refractivity contribution in [1.29, 1.82) is 0 Å². The van der Waals surface area contributed by atoms with Gasteiger partial charge in [-0.15, -0.1) is 0 Å². The van der Waals surface area contributed by atoms with Gasteiger partial charge in [-0.2, -0.15) is 0 Å². The van der Waals surface area contributed by atoms with E-state index in [1.54, 1.807) is 24.3 Å². The summed E-state index contributed by atoms with van der Waals surface area (Å²) in [5, 5.41) is 6.81. The molecule has 0 aliphatic carbocycles. The number of rotatable bonds is 6. The van der Waals surface area contributed by atoms with Crippen molar-refractivity contribution in [3.63, 3.8) is 0 Å². The minimum absolute atomic E-state index is 0.0398. The van der Waals surface area contributed by atoms with Crippen LogP contribution in [0.3, 0.4) is 0 Å². The number of amides is 1. The van der Waals surface area contributed by atoms with Crippen LogP contribution in [-0.2, 0) is 16.1 Å². The average Bonchev–Trinajstić information content (AvgIpc) is 2.91. The second-order valence-corrected chi connectivity index (χ2v) is 5.81. The molecule has 0 bridgehead atoms. The summed E-state index contributed by atoms with van der Waals surface area (Å²) >= 11 is 0. The number of hydrogen-bond acceptors (Lipinski definition) is 5. The van der Waals surface area contributed by atoms with E-state index < -0.39 is 0 Å². The summed E-state index contributed by atoms with van der Waals surface area (Å²) in [6, 6.07) is 6.95. The van der Waals surface area contributed by atoms with E-state index in [2.05, 4.69) is 15.2 Å². The van der Waals surface area contributed by atoms with E-state index in [1.165, 1.54) is 7.11 Å². The number of carbonyl (C=O) groups is 2. The van der Waals surface area contributed by atoms with E-state index in [1.807, 2.05) is 20.8 Å². The van der Waals surface area contributed by atoms with E-state index in [0.29, 0.717) is 18.5 Å². The van der Waals surface area contributed by atoms with E-state index >= 15 is 0 Å². The number of nitrogens with zero attached hydrogens (tertiary/aromatic N) is 1. The van der Waals surface area contributed by atoms with Crippen molar-refractivity contribution >= 4 is 11.9 Å². The molecule has 0 saturated heterocycles. The molecule has 6 heteroatoms. The van der Waals surface area contributed by atoms with Crippen LogP contribution in [0.15, 0.2) is 28.8 Å². The first-order valence-electron chi connectivity index (χ1n) is 7.79. The van der Waals surface area contributed by atoms with Gasteiger partial charge in [0, 0.05) is 18.5 Å². The highest BCUT2D eigenvalue weighted by Crippen LogP contribution is 2.25. The highest BCUT2D eigenvalue weighted by Gasteiger charge is 2.19. The van der Waals surface area contributed by atoms with Crippen molar-refractivity contribution in [3.05, 3.63) is 52.4 Å². The molecule has 0 aliphatic heterocycles. The Labute approximate surface area is 141 Å². The summed E-state index contributed by atoms with van der Waals surface area (Å²) in [5.41, 5.74) is 3.22. The predicted octanol–water partition coefficient (Wildman–Crippen LogP) is 2.89. The fourth-order valence-electron chi connectivity index (χ4n) is 2.72. The first-order valence-corrected chi connectivity index (χ1v) is 7.79. The molecule has 24 heavy (non-hydrogen) atoms. The van der Waals surface area contributed by atoms with Crippen molar-refractivity contribution in [3.8, 4) is 0 Å². The van der Waals surface area contributed by atoms with Crippen LogP contribution >= 0.6 is 0 Å². The minimum Gasteiger partial charge on any atom is -0.465 e. The van der Waals surface area contributed by atoms with Gasteiger partial charge in [0.1, 0.15) is 5.76 Å². The fraction of sp³-hybridized carbons (Fsp3) is 0.389. The Morgan fingerprint density at radius 1 is 1.25 bits per heavy atom. The maximum atomic E-state index is 12.1. The monoisotopic (exact) mass is 330 g/mol. The molecule has 1 N–H and O–H groups in total. The first-order chi connectivity index (χ1) is 11.4. The first kappa shape index (κ1) is 17.7. The second-order valence-electron chi connectivity index (χ2n) is 5.81. The minimum atomic E-state index is -0.376. The Kier molecular flexibility index (Phi) is 5.73. The Morgan fingerprint density at radius 2 is 1.92 bits per heavy atom. The third-order valence-corrected chi connectivity index (χ3v) is 3.94. The van der Waals surface area contributed by atoms with Crippen molar-refractivity contribution < 1.29 is 18.8 Å². The molecule has 1 atom stereocenters. The van der Waals surface area contributed by atoms with Gasteiger partial charge < -0.3 is 14.6 Å². The van der Waals surface area contributed by atoms with Crippen molar-refractivity contribution in [2.24, 2.45) is 0 Å². The van der Waals surface area contributed by atoms with Crippen LogP contribution in [0.5, 0.6) is 0 Å². The largest absolute Gasteiger partial charge is 0.465 e. The van der Waals surface area contributed by atoms with Gasteiger partial charge in [-0.25, -0.2) is 4.79 Å². The Morgan fingerprint density at radius 3 is 2.46 bits per heavy atom. The lowest BCUT2D eigenvalue weighted by Gasteiger charge is -2.11. The molecule has 128 valence electrons. The van der Waals surface area contributed by atoms with E-state index in [-0.39, 0.29) is 17.8 Å². The number of aryl methyl sites for hydroxylation is 2. The van der Waals surface area contributed by atoms with Crippen LogP contribution in [0.1, 0.15) is 52.2 Å². The summed E-state index contributed by atoms with van der Waals surface area (Å²) in [6.07, 6.45) is 0.364. The Bertz CT molecular complexity index is 700. The molecule has 0 unspecified atom stereocenters. The van der Waals surface area contributed by atoms with Gasteiger partial charge in [-0.3, -0.25) is 4.79 Å². The lowest BCUT2D eigenvalue weighted by Crippen LogP contribution is -2.24. The average molecular weight is 330 g/mol. The zero-order valence-corrected chi connectivity index (χ0v) is 14.4. The lowest BCUT2D eigenvalue weighted by molar-refractivity contribution is -0.121. The molecule has 0 spiro atoms. The molecule has 0 radical (unpaired) electrons. The predicted molar refractivity (Wildman–Crippen MR) is 88.6 cm³/mol. The van der Waals surface area contributed by atoms with Gasteiger partial charge in [-0.05, 0) is 37.5 Å². The summed E-state index contributed by atoms with van der Waals surface area (Å²) in [6.45, 7) is 6.13. The maximum Gasteiger partial charge on any atom is 0.337 e. The molecule has 1 aromatic carbocycles. The van der Waals surface area contributed by atoms with Gasteiger partial charge in [0.25, 0.3) is 0 Å². The topological polar surface area (TPSA) is 81.4 Å². The summed E-state index contributed by atoms with van der Waals surface area (Å²) in [4.78, 5) is 23.5. The maximum absolute atomic E-state index is 12.1. The number of carbonyl (C=O) groups excluding carboxylic acids is 2. The van der Waals surface area contributed by atoms with Gasteiger partial charge in [0.2, 0.25) is 5.91 Å². The molecule has 1 amide bonds. The van der Waals surface area contributed by atoms with E-state index in [4.69, 9.17) is 4.52 Å². The van der Waals surface area contributed by atoms with Crippen molar-refractivity contribution in [1.82, 2.24) is 10.5 Å². The van der Waals surface area contributed by atoms with Gasteiger partial charge in [0.05, 0.1) is 18.4 Å². The third-order valence-electron chi connectivity index (χ3n) is 3.94. The van der Waals surface area contributed by atoms with Crippen LogP contribution < -0.4 is 5.32 Å². The fourth-order valence-corrected chi connectivity index (χ4v) is 2.72. The van der Waals surface area contributed by atoms with Crippen LogP contribution in [0.2, 0.25) is 0 Å².